The first-order valence-corrected chi connectivity index (χ1v) is 4.21. The van der Waals surface area contributed by atoms with Crippen LogP contribution in [0.1, 0.15) is 0 Å². The summed E-state index contributed by atoms with van der Waals surface area (Å²) >= 11 is 1.01. The van der Waals surface area contributed by atoms with Crippen LogP contribution in [0.4, 0.5) is 4.79 Å². The number of hydrogen-bond donors (Lipinski definition) is 1. The number of imide groups is 1. The van der Waals surface area contributed by atoms with Gasteiger partial charge in [0.1, 0.15) is 0 Å². The Hall–Kier alpha value is -1.23. The predicted molar refractivity (Wildman–Crippen MR) is 44.7 cm³/mol. The molecule has 0 aliphatic carbocycles. The molecule has 2 rings (SSSR count). The zero-order chi connectivity index (χ0) is 8.81. The third-order valence-corrected chi connectivity index (χ3v) is 1.77. The van der Waals surface area contributed by atoms with Crippen molar-refractivity contribution in [3.63, 3.8) is 0 Å². The highest BCUT2D eigenvalue weighted by Gasteiger charge is 2.16. The Morgan fingerprint density at radius 3 is 2.17 bits per heavy atom. The molecule has 2 heterocycles. The minimum atomic E-state index is -0.231. The molecule has 1 aliphatic heterocycles. The fourth-order valence-corrected chi connectivity index (χ4v) is 1.06. The highest BCUT2D eigenvalue weighted by Crippen LogP contribution is 2.06. The molecule has 0 saturated carbocycles. The van der Waals surface area contributed by atoms with Crippen molar-refractivity contribution in [2.24, 2.45) is 0 Å². The van der Waals surface area contributed by atoms with E-state index in [0.717, 1.165) is 11.8 Å². The molecule has 1 aromatic rings. The Kier molecular flexibility index (Phi) is 3.40. The van der Waals surface area contributed by atoms with E-state index in [-0.39, 0.29) is 11.1 Å². The molecular weight excluding hydrogens is 178 g/mol. The van der Waals surface area contributed by atoms with E-state index in [4.69, 9.17) is 0 Å². The van der Waals surface area contributed by atoms with Gasteiger partial charge in [-0.3, -0.25) is 14.9 Å². The molecular formula is C7H7NO3S. The van der Waals surface area contributed by atoms with Crippen LogP contribution in [-0.4, -0.2) is 16.9 Å². The number of carbonyl (C=O) groups excluding carboxylic acids is 2. The average Bonchev–Trinajstić information content (AvgIpc) is 2.63. The molecule has 0 aromatic carbocycles. The molecule has 0 unspecified atom stereocenters. The van der Waals surface area contributed by atoms with Gasteiger partial charge >= 0.3 is 0 Å². The Morgan fingerprint density at radius 2 is 2.00 bits per heavy atom. The van der Waals surface area contributed by atoms with Gasteiger partial charge in [-0.25, -0.2) is 0 Å². The molecule has 5 heteroatoms. The number of nitrogens with one attached hydrogen (secondary N) is 1. The second kappa shape index (κ2) is 4.61. The van der Waals surface area contributed by atoms with Crippen molar-refractivity contribution < 1.29 is 14.0 Å². The van der Waals surface area contributed by atoms with E-state index in [1.54, 1.807) is 12.5 Å². The number of furan rings is 1. The highest BCUT2D eigenvalue weighted by atomic mass is 32.2. The Bertz CT molecular complexity index is 226. The van der Waals surface area contributed by atoms with E-state index in [1.807, 2.05) is 12.1 Å². The maximum absolute atomic E-state index is 10.1. The van der Waals surface area contributed by atoms with Crippen molar-refractivity contribution in [1.82, 2.24) is 5.32 Å². The number of carbonyl (C=O) groups is 2. The van der Waals surface area contributed by atoms with Crippen LogP contribution in [-0.2, 0) is 4.79 Å². The Balaban J connectivity index is 0.000000127. The third kappa shape index (κ3) is 3.25. The van der Waals surface area contributed by atoms with Crippen molar-refractivity contribution in [3.05, 3.63) is 24.7 Å². The van der Waals surface area contributed by atoms with E-state index >= 15 is 0 Å². The van der Waals surface area contributed by atoms with E-state index < -0.39 is 0 Å². The normalized spacial score (nSPS) is 15.0. The third-order valence-electron chi connectivity index (χ3n) is 1.00. The van der Waals surface area contributed by atoms with Crippen molar-refractivity contribution in [2.75, 3.05) is 5.75 Å². The molecule has 1 aromatic heterocycles. The van der Waals surface area contributed by atoms with E-state index in [0.29, 0.717) is 5.75 Å². The topological polar surface area (TPSA) is 59.3 Å². The lowest BCUT2D eigenvalue weighted by atomic mass is 10.7. The van der Waals surface area contributed by atoms with Gasteiger partial charge in [0.15, 0.2) is 0 Å². The maximum Gasteiger partial charge on any atom is 0.286 e. The summed E-state index contributed by atoms with van der Waals surface area (Å²) in [7, 11) is 0. The van der Waals surface area contributed by atoms with Crippen LogP contribution in [0.3, 0.4) is 0 Å². The maximum atomic E-state index is 10.1. The van der Waals surface area contributed by atoms with Gasteiger partial charge in [0, 0.05) is 0 Å². The predicted octanol–water partition coefficient (Wildman–Crippen LogP) is 1.25. The SMILES string of the molecule is O=C1CSC(=O)N1.c1ccoc1. The van der Waals surface area contributed by atoms with Gasteiger partial charge in [0.25, 0.3) is 5.24 Å². The fourth-order valence-electron chi connectivity index (χ4n) is 0.544. The second-order valence-corrected chi connectivity index (χ2v) is 2.87. The zero-order valence-electron chi connectivity index (χ0n) is 6.15. The summed E-state index contributed by atoms with van der Waals surface area (Å²) in [5.41, 5.74) is 0. The molecule has 64 valence electrons. The minimum Gasteiger partial charge on any atom is -0.473 e. The summed E-state index contributed by atoms with van der Waals surface area (Å²) in [5.74, 6) is 0.105. The number of thioether (sulfide) groups is 1. The van der Waals surface area contributed by atoms with Gasteiger partial charge in [-0.15, -0.1) is 0 Å². The first kappa shape index (κ1) is 8.86. The quantitative estimate of drug-likeness (QED) is 0.660. The smallest absolute Gasteiger partial charge is 0.286 e. The number of amides is 2. The van der Waals surface area contributed by atoms with Crippen LogP contribution in [0.15, 0.2) is 29.1 Å². The van der Waals surface area contributed by atoms with Gasteiger partial charge < -0.3 is 4.42 Å². The summed E-state index contributed by atoms with van der Waals surface area (Å²) in [6, 6.07) is 3.67. The van der Waals surface area contributed by atoms with Crippen LogP contribution in [0.5, 0.6) is 0 Å². The molecule has 0 spiro atoms. The minimum absolute atomic E-state index is 0.185. The lowest BCUT2D eigenvalue weighted by Gasteiger charge is -1.77. The Labute approximate surface area is 73.3 Å². The molecule has 1 aliphatic rings. The van der Waals surface area contributed by atoms with E-state index in [1.165, 1.54) is 0 Å². The van der Waals surface area contributed by atoms with Gasteiger partial charge in [-0.2, -0.15) is 0 Å². The van der Waals surface area contributed by atoms with Crippen LogP contribution in [0.25, 0.3) is 0 Å². The van der Waals surface area contributed by atoms with Gasteiger partial charge in [0.2, 0.25) is 5.91 Å². The van der Waals surface area contributed by atoms with E-state index in [9.17, 15) is 9.59 Å². The van der Waals surface area contributed by atoms with Crippen molar-refractivity contribution in [3.8, 4) is 0 Å². The summed E-state index contributed by atoms with van der Waals surface area (Å²) < 4.78 is 4.58. The first-order chi connectivity index (χ1) is 5.79. The molecule has 1 fully saturated rings. The number of hydrogen-bond acceptors (Lipinski definition) is 4. The van der Waals surface area contributed by atoms with Crippen LogP contribution >= 0.6 is 11.8 Å². The van der Waals surface area contributed by atoms with Gasteiger partial charge in [-0.1, -0.05) is 11.8 Å². The summed E-state index contributed by atoms with van der Waals surface area (Å²) in [6.07, 6.45) is 3.25. The summed E-state index contributed by atoms with van der Waals surface area (Å²) in [5, 5.41) is 1.87. The van der Waals surface area contributed by atoms with Crippen LogP contribution < -0.4 is 5.32 Å². The highest BCUT2D eigenvalue weighted by molar-refractivity contribution is 8.14. The van der Waals surface area contributed by atoms with Crippen LogP contribution in [0, 0.1) is 0 Å². The van der Waals surface area contributed by atoms with Crippen molar-refractivity contribution in [1.29, 1.82) is 0 Å². The molecule has 1 saturated heterocycles. The van der Waals surface area contributed by atoms with Crippen LogP contribution in [0.2, 0.25) is 0 Å². The molecule has 4 nitrogen and oxygen atoms in total. The molecule has 12 heavy (non-hydrogen) atoms. The lowest BCUT2D eigenvalue weighted by molar-refractivity contribution is -0.117. The van der Waals surface area contributed by atoms with Crippen molar-refractivity contribution >= 4 is 22.9 Å². The Morgan fingerprint density at radius 1 is 1.33 bits per heavy atom. The second-order valence-electron chi connectivity index (χ2n) is 1.92. The van der Waals surface area contributed by atoms with Crippen molar-refractivity contribution in [2.45, 2.75) is 0 Å². The van der Waals surface area contributed by atoms with E-state index in [2.05, 4.69) is 9.73 Å². The summed E-state index contributed by atoms with van der Waals surface area (Å²) in [4.78, 5) is 20.2. The van der Waals surface area contributed by atoms with Gasteiger partial charge in [-0.05, 0) is 12.1 Å². The van der Waals surface area contributed by atoms with Gasteiger partial charge in [0.05, 0.1) is 18.3 Å². The fraction of sp³-hybridized carbons (Fsp3) is 0.143. The molecule has 1 N–H and O–H groups in total. The molecule has 2 amide bonds. The summed E-state index contributed by atoms with van der Waals surface area (Å²) in [6.45, 7) is 0. The lowest BCUT2D eigenvalue weighted by Crippen LogP contribution is -2.18. The standard InChI is InChI=1S/C4H4O.C3H3NO2S/c1-2-4-5-3-1;5-2-1-7-3(6)4-2/h1-4H;1H2,(H,4,5,6). The molecule has 0 radical (unpaired) electrons. The molecule has 0 atom stereocenters. The monoisotopic (exact) mass is 185 g/mol. The number of rotatable bonds is 0. The largest absolute Gasteiger partial charge is 0.473 e. The average molecular weight is 185 g/mol. The zero-order valence-corrected chi connectivity index (χ0v) is 6.97. The molecule has 0 bridgehead atoms. The first-order valence-electron chi connectivity index (χ1n) is 3.23.